The van der Waals surface area contributed by atoms with Crippen LogP contribution in [0.3, 0.4) is 0 Å². The van der Waals surface area contributed by atoms with E-state index in [2.05, 4.69) is 48.3 Å². The zero-order valence-corrected chi connectivity index (χ0v) is 12.2. The second-order valence-electron chi connectivity index (χ2n) is 6.25. The highest BCUT2D eigenvalue weighted by Gasteiger charge is 2.50. The van der Waals surface area contributed by atoms with Gasteiger partial charge in [-0.15, -0.1) is 0 Å². The van der Waals surface area contributed by atoms with Gasteiger partial charge in [-0.1, -0.05) is 23.5 Å². The number of nitrogens with zero attached hydrogens (tertiary/aromatic N) is 2. The van der Waals surface area contributed by atoms with Gasteiger partial charge in [-0.2, -0.15) is 0 Å². The first kappa shape index (κ1) is 11.7. The van der Waals surface area contributed by atoms with Gasteiger partial charge in [0.2, 0.25) is 0 Å². The van der Waals surface area contributed by atoms with Crippen LogP contribution < -0.4 is 10.2 Å². The lowest BCUT2D eigenvalue weighted by Gasteiger charge is -2.35. The van der Waals surface area contributed by atoms with Crippen LogP contribution in [0.1, 0.15) is 13.8 Å². The van der Waals surface area contributed by atoms with E-state index in [1.54, 1.807) is 0 Å². The van der Waals surface area contributed by atoms with Crippen molar-refractivity contribution in [2.24, 2.45) is 11.8 Å². The molecule has 3 nitrogen and oxygen atoms in total. The molecule has 2 fully saturated rings. The van der Waals surface area contributed by atoms with Crippen molar-refractivity contribution in [3.63, 3.8) is 0 Å². The predicted octanol–water partition coefficient (Wildman–Crippen LogP) is 2.73. The number of benzene rings is 1. The minimum atomic E-state index is 0.210. The third-order valence-corrected chi connectivity index (χ3v) is 5.93. The number of hydrogen-bond donors (Lipinski definition) is 1. The van der Waals surface area contributed by atoms with Crippen LogP contribution in [0.25, 0.3) is 10.2 Å². The van der Waals surface area contributed by atoms with E-state index in [1.807, 2.05) is 11.3 Å². The van der Waals surface area contributed by atoms with Crippen molar-refractivity contribution < 1.29 is 0 Å². The van der Waals surface area contributed by atoms with E-state index in [-0.39, 0.29) is 5.54 Å². The molecule has 100 valence electrons. The lowest BCUT2D eigenvalue weighted by Crippen LogP contribution is -2.44. The van der Waals surface area contributed by atoms with E-state index in [0.29, 0.717) is 0 Å². The van der Waals surface area contributed by atoms with E-state index >= 15 is 0 Å². The standard InChI is InChI=1S/C15H19N3S/c1-15(2)11-8-16-7-10(11)9-18(15)14-17-12-5-3-4-6-13(12)19-14/h3-6,10-11,16H,7-9H2,1-2H3. The summed E-state index contributed by atoms with van der Waals surface area (Å²) in [5.74, 6) is 1.53. The van der Waals surface area contributed by atoms with Crippen LogP contribution in [0.2, 0.25) is 0 Å². The van der Waals surface area contributed by atoms with Crippen LogP contribution in [0.15, 0.2) is 24.3 Å². The number of hydrogen-bond acceptors (Lipinski definition) is 4. The molecule has 19 heavy (non-hydrogen) atoms. The number of nitrogens with one attached hydrogen (secondary N) is 1. The topological polar surface area (TPSA) is 28.2 Å². The summed E-state index contributed by atoms with van der Waals surface area (Å²) in [5.41, 5.74) is 1.34. The van der Waals surface area contributed by atoms with Gasteiger partial charge in [0.25, 0.3) is 0 Å². The lowest BCUT2D eigenvalue weighted by atomic mass is 9.85. The minimum Gasteiger partial charge on any atom is -0.342 e. The van der Waals surface area contributed by atoms with Crippen molar-refractivity contribution in [2.45, 2.75) is 19.4 Å². The van der Waals surface area contributed by atoms with Crippen LogP contribution in [-0.2, 0) is 0 Å². The van der Waals surface area contributed by atoms with Crippen LogP contribution in [0, 0.1) is 11.8 Å². The summed E-state index contributed by atoms with van der Waals surface area (Å²) in [6, 6.07) is 8.44. The maximum atomic E-state index is 4.84. The SMILES string of the molecule is CC1(C)C2CNCC2CN1c1nc2ccccc2s1. The Morgan fingerprint density at radius 1 is 1.32 bits per heavy atom. The first-order valence-electron chi connectivity index (χ1n) is 7.00. The Hall–Kier alpha value is -1.13. The number of anilines is 1. The second-order valence-corrected chi connectivity index (χ2v) is 7.26. The van der Waals surface area contributed by atoms with Crippen molar-refractivity contribution in [2.75, 3.05) is 24.5 Å². The molecule has 0 aliphatic carbocycles. The molecule has 0 bridgehead atoms. The first-order valence-corrected chi connectivity index (χ1v) is 7.82. The van der Waals surface area contributed by atoms with Gasteiger partial charge in [-0.25, -0.2) is 4.98 Å². The van der Waals surface area contributed by atoms with Gasteiger partial charge in [-0.3, -0.25) is 0 Å². The van der Waals surface area contributed by atoms with Gasteiger partial charge in [-0.05, 0) is 37.8 Å². The Morgan fingerprint density at radius 3 is 2.95 bits per heavy atom. The molecule has 2 atom stereocenters. The molecule has 0 saturated carbocycles. The van der Waals surface area contributed by atoms with Gasteiger partial charge in [0.05, 0.1) is 10.2 Å². The Balaban J connectivity index is 1.76. The number of aromatic nitrogens is 1. The molecule has 4 heteroatoms. The fourth-order valence-corrected chi connectivity index (χ4v) is 4.85. The summed E-state index contributed by atoms with van der Waals surface area (Å²) in [6.45, 7) is 8.20. The molecule has 3 heterocycles. The first-order chi connectivity index (χ1) is 9.16. The summed E-state index contributed by atoms with van der Waals surface area (Å²) in [5, 5.41) is 4.73. The van der Waals surface area contributed by atoms with E-state index in [4.69, 9.17) is 4.98 Å². The minimum absolute atomic E-state index is 0.210. The third-order valence-electron chi connectivity index (χ3n) is 4.87. The van der Waals surface area contributed by atoms with Gasteiger partial charge in [0.1, 0.15) is 0 Å². The van der Waals surface area contributed by atoms with Crippen LogP contribution in [0.5, 0.6) is 0 Å². The third kappa shape index (κ3) is 1.63. The number of fused-ring (bicyclic) bond motifs is 2. The molecule has 2 saturated heterocycles. The summed E-state index contributed by atoms with van der Waals surface area (Å²) in [4.78, 5) is 7.38. The summed E-state index contributed by atoms with van der Waals surface area (Å²) < 4.78 is 1.29. The molecule has 1 N–H and O–H groups in total. The van der Waals surface area contributed by atoms with Crippen LogP contribution in [0.4, 0.5) is 5.13 Å². The van der Waals surface area contributed by atoms with Crippen molar-refractivity contribution in [3.05, 3.63) is 24.3 Å². The maximum absolute atomic E-state index is 4.84. The molecular weight excluding hydrogens is 254 g/mol. The van der Waals surface area contributed by atoms with E-state index in [9.17, 15) is 0 Å². The molecular formula is C15H19N3S. The van der Waals surface area contributed by atoms with Crippen molar-refractivity contribution >= 4 is 26.7 Å². The monoisotopic (exact) mass is 273 g/mol. The maximum Gasteiger partial charge on any atom is 0.186 e. The number of thiazole rings is 1. The van der Waals surface area contributed by atoms with Crippen molar-refractivity contribution in [1.82, 2.24) is 10.3 Å². The predicted molar refractivity (Wildman–Crippen MR) is 80.9 cm³/mol. The Labute approximate surface area is 117 Å². The van der Waals surface area contributed by atoms with Gasteiger partial charge in [0, 0.05) is 25.2 Å². The molecule has 0 radical (unpaired) electrons. The highest BCUT2D eigenvalue weighted by atomic mass is 32.1. The van der Waals surface area contributed by atoms with Crippen LogP contribution >= 0.6 is 11.3 Å². The Bertz CT molecular complexity index is 586. The Kier molecular flexibility index (Phi) is 2.42. The largest absolute Gasteiger partial charge is 0.342 e. The average molecular weight is 273 g/mol. The molecule has 2 aliphatic rings. The van der Waals surface area contributed by atoms with E-state index < -0.39 is 0 Å². The molecule has 2 aromatic rings. The Morgan fingerprint density at radius 2 is 2.16 bits per heavy atom. The van der Waals surface area contributed by atoms with E-state index in [0.717, 1.165) is 37.0 Å². The highest BCUT2D eigenvalue weighted by molar-refractivity contribution is 7.22. The molecule has 0 spiro atoms. The molecule has 1 aromatic heterocycles. The van der Waals surface area contributed by atoms with Crippen molar-refractivity contribution in [1.29, 1.82) is 0 Å². The van der Waals surface area contributed by atoms with Gasteiger partial charge in [0.15, 0.2) is 5.13 Å². The van der Waals surface area contributed by atoms with Gasteiger partial charge < -0.3 is 10.2 Å². The summed E-state index contributed by atoms with van der Waals surface area (Å²) in [7, 11) is 0. The zero-order valence-electron chi connectivity index (χ0n) is 11.4. The molecule has 1 aromatic carbocycles. The lowest BCUT2D eigenvalue weighted by molar-refractivity contribution is 0.357. The quantitative estimate of drug-likeness (QED) is 0.866. The fraction of sp³-hybridized carbons (Fsp3) is 0.533. The normalized spacial score (nSPS) is 29.1. The van der Waals surface area contributed by atoms with Crippen molar-refractivity contribution in [3.8, 4) is 0 Å². The summed E-state index contributed by atoms with van der Waals surface area (Å²) >= 11 is 1.83. The van der Waals surface area contributed by atoms with Crippen LogP contribution in [-0.4, -0.2) is 30.2 Å². The molecule has 2 unspecified atom stereocenters. The zero-order chi connectivity index (χ0) is 13.0. The van der Waals surface area contributed by atoms with Gasteiger partial charge >= 0.3 is 0 Å². The second kappa shape index (κ2) is 3.93. The average Bonchev–Trinajstić information content (AvgIpc) is 3.05. The summed E-state index contributed by atoms with van der Waals surface area (Å²) in [6.07, 6.45) is 0. The fourth-order valence-electron chi connectivity index (χ4n) is 3.72. The number of para-hydroxylation sites is 1. The van der Waals surface area contributed by atoms with E-state index in [1.165, 1.54) is 9.83 Å². The smallest absolute Gasteiger partial charge is 0.186 e. The number of rotatable bonds is 1. The molecule has 0 amide bonds. The molecule has 4 rings (SSSR count). The molecule has 2 aliphatic heterocycles. The highest BCUT2D eigenvalue weighted by Crippen LogP contribution is 2.44.